The van der Waals surface area contributed by atoms with Crippen molar-refractivity contribution in [1.82, 2.24) is 5.32 Å². The van der Waals surface area contributed by atoms with Crippen molar-refractivity contribution in [2.75, 3.05) is 36.7 Å². The fourth-order valence-electron chi connectivity index (χ4n) is 5.62. The van der Waals surface area contributed by atoms with E-state index in [1.165, 1.54) is 30.2 Å². The average Bonchev–Trinajstić information content (AvgIpc) is 3.43. The van der Waals surface area contributed by atoms with Crippen LogP contribution >= 0.6 is 23.1 Å². The SMILES string of the molecule is COC(=O)c1c(NC(=O)C(C)Sc2cccc(NC(=O)/C(=C\c3ccc(N(C)C)cc3)NC(=O)c3ccccc3)c2)sc2c1CCCCCC2. The minimum atomic E-state index is -0.512. The number of thioether (sulfide) groups is 1. The number of anilines is 3. The molecule has 260 valence electrons. The highest BCUT2D eigenvalue weighted by molar-refractivity contribution is 8.00. The number of rotatable bonds is 11. The molecule has 0 aliphatic heterocycles. The Labute approximate surface area is 301 Å². The number of thiophene rings is 1. The van der Waals surface area contributed by atoms with E-state index in [2.05, 4.69) is 16.0 Å². The molecule has 11 heteroatoms. The summed E-state index contributed by atoms with van der Waals surface area (Å²) in [6.07, 6.45) is 7.65. The molecular formula is C39H42N4O5S2. The first-order chi connectivity index (χ1) is 24.1. The topological polar surface area (TPSA) is 117 Å². The van der Waals surface area contributed by atoms with E-state index in [1.54, 1.807) is 55.5 Å². The Balaban J connectivity index is 1.30. The minimum Gasteiger partial charge on any atom is -0.465 e. The van der Waals surface area contributed by atoms with Gasteiger partial charge in [0.25, 0.3) is 11.8 Å². The number of benzene rings is 3. The summed E-state index contributed by atoms with van der Waals surface area (Å²) in [5.74, 6) is -1.57. The van der Waals surface area contributed by atoms with Crippen LogP contribution < -0.4 is 20.9 Å². The molecule has 1 aliphatic carbocycles. The fraction of sp³-hybridized carbons (Fsp3) is 0.282. The molecule has 4 aromatic rings. The number of carbonyl (C=O) groups is 4. The van der Waals surface area contributed by atoms with Crippen LogP contribution in [0.5, 0.6) is 0 Å². The predicted octanol–water partition coefficient (Wildman–Crippen LogP) is 7.79. The lowest BCUT2D eigenvalue weighted by atomic mass is 9.96. The highest BCUT2D eigenvalue weighted by Gasteiger charge is 2.27. The number of methoxy groups -OCH3 is 1. The first kappa shape index (κ1) is 36.4. The summed E-state index contributed by atoms with van der Waals surface area (Å²) < 4.78 is 5.11. The van der Waals surface area contributed by atoms with Crippen LogP contribution in [0.15, 0.2) is 89.5 Å². The number of amides is 3. The first-order valence-electron chi connectivity index (χ1n) is 16.6. The van der Waals surface area contributed by atoms with Crippen molar-refractivity contribution in [3.8, 4) is 0 Å². The molecule has 3 amide bonds. The summed E-state index contributed by atoms with van der Waals surface area (Å²) in [5.41, 5.74) is 4.22. The van der Waals surface area contributed by atoms with Gasteiger partial charge < -0.3 is 25.6 Å². The van der Waals surface area contributed by atoms with Crippen LogP contribution in [0.4, 0.5) is 16.4 Å². The smallest absolute Gasteiger partial charge is 0.341 e. The second-order valence-corrected chi connectivity index (χ2v) is 14.7. The monoisotopic (exact) mass is 710 g/mol. The van der Waals surface area contributed by atoms with Crippen molar-refractivity contribution >= 4 is 69.2 Å². The van der Waals surface area contributed by atoms with Crippen LogP contribution in [0, 0.1) is 0 Å². The van der Waals surface area contributed by atoms with E-state index in [-0.39, 0.29) is 11.6 Å². The molecule has 1 aromatic heterocycles. The van der Waals surface area contributed by atoms with Gasteiger partial charge in [0.2, 0.25) is 5.91 Å². The van der Waals surface area contributed by atoms with Gasteiger partial charge >= 0.3 is 5.97 Å². The van der Waals surface area contributed by atoms with E-state index in [0.717, 1.165) is 65.1 Å². The van der Waals surface area contributed by atoms with Crippen molar-refractivity contribution < 1.29 is 23.9 Å². The number of aryl methyl sites for hydroxylation is 1. The lowest BCUT2D eigenvalue weighted by Gasteiger charge is -2.15. The Kier molecular flexibility index (Phi) is 12.5. The largest absolute Gasteiger partial charge is 0.465 e. The van der Waals surface area contributed by atoms with Gasteiger partial charge in [-0.1, -0.05) is 49.2 Å². The van der Waals surface area contributed by atoms with Gasteiger partial charge in [-0.2, -0.15) is 0 Å². The molecule has 50 heavy (non-hydrogen) atoms. The molecule has 0 fully saturated rings. The number of nitrogens with one attached hydrogen (secondary N) is 3. The molecule has 9 nitrogen and oxygen atoms in total. The maximum atomic E-state index is 13.6. The molecule has 1 atom stereocenters. The Morgan fingerprint density at radius 2 is 1.60 bits per heavy atom. The van der Waals surface area contributed by atoms with Gasteiger partial charge in [0.05, 0.1) is 17.9 Å². The van der Waals surface area contributed by atoms with E-state index in [0.29, 0.717) is 21.8 Å². The summed E-state index contributed by atoms with van der Waals surface area (Å²) in [7, 11) is 5.26. The molecule has 5 rings (SSSR count). The van der Waals surface area contributed by atoms with Gasteiger partial charge in [-0.05, 0) is 92.3 Å². The summed E-state index contributed by atoms with van der Waals surface area (Å²) in [6.45, 7) is 1.80. The van der Waals surface area contributed by atoms with Crippen molar-refractivity contribution in [3.05, 3.63) is 112 Å². The quantitative estimate of drug-likeness (QED) is 0.0827. The van der Waals surface area contributed by atoms with Crippen molar-refractivity contribution in [2.24, 2.45) is 0 Å². The van der Waals surface area contributed by atoms with Gasteiger partial charge in [-0.3, -0.25) is 14.4 Å². The molecule has 1 unspecified atom stereocenters. The molecule has 0 bridgehead atoms. The third-order valence-corrected chi connectivity index (χ3v) is 10.6. The Hall–Kier alpha value is -4.87. The average molecular weight is 711 g/mol. The van der Waals surface area contributed by atoms with Crippen LogP contribution in [-0.4, -0.2) is 50.1 Å². The number of fused-ring (bicyclic) bond motifs is 1. The van der Waals surface area contributed by atoms with Gasteiger partial charge in [0.1, 0.15) is 10.7 Å². The maximum absolute atomic E-state index is 13.6. The summed E-state index contributed by atoms with van der Waals surface area (Å²) >= 11 is 2.80. The number of esters is 1. The van der Waals surface area contributed by atoms with E-state index in [9.17, 15) is 19.2 Å². The Morgan fingerprint density at radius 1 is 0.880 bits per heavy atom. The summed E-state index contributed by atoms with van der Waals surface area (Å²) in [5, 5.41) is 8.71. The van der Waals surface area contributed by atoms with Gasteiger partial charge in [0, 0.05) is 40.8 Å². The molecule has 1 heterocycles. The molecule has 0 saturated heterocycles. The second-order valence-electron chi connectivity index (χ2n) is 12.2. The van der Waals surface area contributed by atoms with Gasteiger partial charge in [0.15, 0.2) is 0 Å². The zero-order valence-electron chi connectivity index (χ0n) is 28.7. The lowest BCUT2D eigenvalue weighted by molar-refractivity contribution is -0.115. The molecule has 1 aliphatic rings. The first-order valence-corrected chi connectivity index (χ1v) is 18.3. The predicted molar refractivity (Wildman–Crippen MR) is 203 cm³/mol. The second kappa shape index (κ2) is 17.2. The van der Waals surface area contributed by atoms with Crippen LogP contribution in [-0.2, 0) is 27.2 Å². The lowest BCUT2D eigenvalue weighted by Crippen LogP contribution is -2.30. The van der Waals surface area contributed by atoms with Crippen LogP contribution in [0.2, 0.25) is 0 Å². The zero-order valence-corrected chi connectivity index (χ0v) is 30.3. The third-order valence-electron chi connectivity index (χ3n) is 8.32. The van der Waals surface area contributed by atoms with E-state index in [1.807, 2.05) is 55.4 Å². The van der Waals surface area contributed by atoms with E-state index < -0.39 is 23.0 Å². The maximum Gasteiger partial charge on any atom is 0.341 e. The number of hydrogen-bond acceptors (Lipinski definition) is 8. The third kappa shape index (κ3) is 9.42. The van der Waals surface area contributed by atoms with Crippen LogP contribution in [0.1, 0.15) is 69.3 Å². The van der Waals surface area contributed by atoms with Crippen molar-refractivity contribution in [1.29, 1.82) is 0 Å². The molecule has 0 radical (unpaired) electrons. The van der Waals surface area contributed by atoms with E-state index >= 15 is 0 Å². The standard InChI is InChI=1S/C39H42N4O5S2/c1-25(35(44)42-38-34(39(47)48-4)31-17-10-5-6-11-18-33(31)50-38)49-30-16-12-15-28(24-30)40-37(46)32(41-36(45)27-13-8-7-9-14-27)23-26-19-21-29(22-20-26)43(2)3/h7-9,12-16,19-25H,5-6,10-11,17-18H2,1-4H3,(H,40,46)(H,41,45)(H,42,44)/b32-23+. The summed E-state index contributed by atoms with van der Waals surface area (Å²) in [4.78, 5) is 56.8. The van der Waals surface area contributed by atoms with Gasteiger partial charge in [-0.15, -0.1) is 23.1 Å². The number of nitrogens with zero attached hydrogens (tertiary/aromatic N) is 1. The summed E-state index contributed by atoms with van der Waals surface area (Å²) in [6, 6.07) is 23.5. The molecule has 0 spiro atoms. The Morgan fingerprint density at radius 3 is 2.30 bits per heavy atom. The highest BCUT2D eigenvalue weighted by atomic mass is 32.2. The van der Waals surface area contributed by atoms with Crippen molar-refractivity contribution in [2.45, 2.75) is 55.6 Å². The molecule has 3 N–H and O–H groups in total. The van der Waals surface area contributed by atoms with E-state index in [4.69, 9.17) is 4.74 Å². The molecular weight excluding hydrogens is 669 g/mol. The van der Waals surface area contributed by atoms with Crippen LogP contribution in [0.3, 0.4) is 0 Å². The molecule has 0 saturated carbocycles. The fourth-order valence-corrected chi connectivity index (χ4v) is 7.83. The van der Waals surface area contributed by atoms with Crippen LogP contribution in [0.25, 0.3) is 6.08 Å². The van der Waals surface area contributed by atoms with Crippen molar-refractivity contribution in [3.63, 3.8) is 0 Å². The highest BCUT2D eigenvalue weighted by Crippen LogP contribution is 2.38. The minimum absolute atomic E-state index is 0.0775. The zero-order chi connectivity index (χ0) is 35.6. The van der Waals surface area contributed by atoms with Gasteiger partial charge in [-0.25, -0.2) is 4.79 Å². The Bertz CT molecular complexity index is 1870. The number of ether oxygens (including phenoxy) is 1. The number of carbonyl (C=O) groups excluding carboxylic acids is 4. The molecule has 3 aromatic carbocycles. The number of hydrogen-bond donors (Lipinski definition) is 3. The normalized spacial score (nSPS) is 13.6.